The molecule has 0 unspecified atom stereocenters. The molecule has 0 radical (unpaired) electrons. The van der Waals surface area contributed by atoms with E-state index in [-0.39, 0.29) is 6.10 Å². The summed E-state index contributed by atoms with van der Waals surface area (Å²) >= 11 is 0. The van der Waals surface area contributed by atoms with Gasteiger partial charge in [0.1, 0.15) is 12.6 Å². The van der Waals surface area contributed by atoms with Gasteiger partial charge in [-0.3, -0.25) is 0 Å². The second kappa shape index (κ2) is 1.58. The predicted octanol–water partition coefficient (Wildman–Crippen LogP) is -1.69. The fraction of sp³-hybridized carbons (Fsp3) is 1.00. The second-order valence-electron chi connectivity index (χ2n) is 1.76. The fourth-order valence-electron chi connectivity index (χ4n) is 0.738. The Labute approximate surface area is 37.2 Å². The number of rotatable bonds is 0. The summed E-state index contributed by atoms with van der Waals surface area (Å²) in [6, 6.07) is 0. The summed E-state index contributed by atoms with van der Waals surface area (Å²) in [4.78, 5) is 0. The van der Waals surface area contributed by atoms with Crippen LogP contribution in [0.1, 0.15) is 6.42 Å². The lowest BCUT2D eigenvalue weighted by Crippen LogP contribution is -2.81. The molecule has 0 aromatic heterocycles. The maximum Gasteiger partial charge on any atom is 0.108 e. The van der Waals surface area contributed by atoms with Gasteiger partial charge in [-0.2, -0.15) is 0 Å². The summed E-state index contributed by atoms with van der Waals surface area (Å²) in [6.07, 6.45) is 0.977. The molecule has 3 N–H and O–H groups in total. The average Bonchev–Trinajstić information content (AvgIpc) is 1.86. The molecule has 0 spiro atoms. The van der Waals surface area contributed by atoms with Gasteiger partial charge in [-0.05, 0) is 0 Å². The number of hydrogen-bond donors (Lipinski definition) is 2. The summed E-state index contributed by atoms with van der Waals surface area (Å²) in [6.45, 7) is 2.03. The molecule has 6 heavy (non-hydrogen) atoms. The first kappa shape index (κ1) is 4.09. The van der Waals surface area contributed by atoms with Crippen LogP contribution in [0.4, 0.5) is 0 Å². The van der Waals surface area contributed by atoms with Crippen LogP contribution in [0.2, 0.25) is 0 Å². The Balaban J connectivity index is 2.18. The smallest absolute Gasteiger partial charge is 0.108 e. The van der Waals surface area contributed by atoms with E-state index in [0.717, 1.165) is 19.5 Å². The third kappa shape index (κ3) is 0.698. The standard InChI is InChI=1S/C4H9NO/c6-4-1-2-5-3-4/h4-6H,1-3H2/p+1/t4-/m1/s1. The molecular formula is C4H10NO+. The van der Waals surface area contributed by atoms with E-state index in [9.17, 15) is 0 Å². The van der Waals surface area contributed by atoms with E-state index in [1.165, 1.54) is 0 Å². The van der Waals surface area contributed by atoms with Gasteiger partial charge < -0.3 is 10.4 Å². The van der Waals surface area contributed by atoms with Gasteiger partial charge in [0.25, 0.3) is 0 Å². The third-order valence-electron chi connectivity index (χ3n) is 1.14. The van der Waals surface area contributed by atoms with Crippen molar-refractivity contribution in [3.8, 4) is 0 Å². The van der Waals surface area contributed by atoms with E-state index in [1.54, 1.807) is 0 Å². The molecule has 0 aliphatic carbocycles. The Morgan fingerprint density at radius 2 is 2.50 bits per heavy atom. The van der Waals surface area contributed by atoms with E-state index in [1.807, 2.05) is 0 Å². The first-order valence-corrected chi connectivity index (χ1v) is 2.39. The average molecular weight is 88.1 g/mol. The van der Waals surface area contributed by atoms with Gasteiger partial charge in [0, 0.05) is 6.42 Å². The highest BCUT2D eigenvalue weighted by Gasteiger charge is 2.12. The normalized spacial score (nSPS) is 34.5. The second-order valence-corrected chi connectivity index (χ2v) is 1.76. The molecule has 0 aromatic carbocycles. The molecule has 0 amide bonds. The van der Waals surface area contributed by atoms with Gasteiger partial charge in [0.05, 0.1) is 6.54 Å². The van der Waals surface area contributed by atoms with Crippen molar-refractivity contribution in [2.45, 2.75) is 12.5 Å². The van der Waals surface area contributed by atoms with Crippen molar-refractivity contribution in [1.29, 1.82) is 0 Å². The van der Waals surface area contributed by atoms with E-state index >= 15 is 0 Å². The van der Waals surface area contributed by atoms with E-state index in [2.05, 4.69) is 5.32 Å². The lowest BCUT2D eigenvalue weighted by Gasteiger charge is -1.86. The molecule has 1 fully saturated rings. The monoisotopic (exact) mass is 88.1 g/mol. The van der Waals surface area contributed by atoms with Gasteiger partial charge in [0.15, 0.2) is 0 Å². The van der Waals surface area contributed by atoms with Gasteiger partial charge in [0.2, 0.25) is 0 Å². The van der Waals surface area contributed by atoms with Crippen molar-refractivity contribution in [3.63, 3.8) is 0 Å². The molecule has 36 valence electrons. The molecule has 1 rings (SSSR count). The molecule has 0 saturated carbocycles. The van der Waals surface area contributed by atoms with Crippen molar-refractivity contribution >= 4 is 0 Å². The van der Waals surface area contributed by atoms with Gasteiger partial charge in [-0.15, -0.1) is 0 Å². The number of aliphatic hydroxyl groups is 1. The molecule has 0 aromatic rings. The minimum Gasteiger partial charge on any atom is -0.387 e. The van der Waals surface area contributed by atoms with Crippen LogP contribution in [-0.4, -0.2) is 24.3 Å². The minimum atomic E-state index is -0.00926. The number of aliphatic hydroxyl groups excluding tert-OH is 1. The molecule has 2 heteroatoms. The lowest BCUT2D eigenvalue weighted by molar-refractivity contribution is -0.638. The van der Waals surface area contributed by atoms with Crippen molar-refractivity contribution in [3.05, 3.63) is 0 Å². The maximum absolute atomic E-state index is 8.70. The summed E-state index contributed by atoms with van der Waals surface area (Å²) < 4.78 is 0. The molecule has 1 aliphatic rings. The molecule has 1 atom stereocenters. The predicted molar refractivity (Wildman–Crippen MR) is 22.3 cm³/mol. The highest BCUT2D eigenvalue weighted by atomic mass is 16.3. The van der Waals surface area contributed by atoms with Crippen molar-refractivity contribution in [1.82, 2.24) is 0 Å². The highest BCUT2D eigenvalue weighted by Crippen LogP contribution is 1.86. The van der Waals surface area contributed by atoms with Crippen LogP contribution in [0.3, 0.4) is 0 Å². The summed E-state index contributed by atoms with van der Waals surface area (Å²) in [7, 11) is 0. The first-order chi connectivity index (χ1) is 2.89. The quantitative estimate of drug-likeness (QED) is 0.364. The van der Waals surface area contributed by atoms with Crippen LogP contribution in [0.15, 0.2) is 0 Å². The van der Waals surface area contributed by atoms with Crippen LogP contribution in [0.25, 0.3) is 0 Å². The van der Waals surface area contributed by atoms with Crippen LogP contribution in [0, 0.1) is 0 Å². The Bertz CT molecular complexity index is 40.8. The molecular weight excluding hydrogens is 78.0 g/mol. The molecule has 0 bridgehead atoms. The SMILES string of the molecule is O[C@@H]1CC[NH2+]C1. The number of hydrogen-bond acceptors (Lipinski definition) is 1. The largest absolute Gasteiger partial charge is 0.387 e. The van der Waals surface area contributed by atoms with Crippen LogP contribution < -0.4 is 5.32 Å². The summed E-state index contributed by atoms with van der Waals surface area (Å²) in [5.74, 6) is 0. The minimum absolute atomic E-state index is 0.00926. The molecule has 1 saturated heterocycles. The Morgan fingerprint density at radius 3 is 2.67 bits per heavy atom. The van der Waals surface area contributed by atoms with E-state index in [4.69, 9.17) is 5.11 Å². The van der Waals surface area contributed by atoms with Crippen LogP contribution in [0.5, 0.6) is 0 Å². The molecule has 1 aliphatic heterocycles. The lowest BCUT2D eigenvalue weighted by atomic mass is 10.3. The van der Waals surface area contributed by atoms with Crippen molar-refractivity contribution in [2.75, 3.05) is 13.1 Å². The maximum atomic E-state index is 8.70. The zero-order valence-corrected chi connectivity index (χ0v) is 3.72. The van der Waals surface area contributed by atoms with E-state index < -0.39 is 0 Å². The highest BCUT2D eigenvalue weighted by molar-refractivity contribution is 4.53. The van der Waals surface area contributed by atoms with E-state index in [0.29, 0.717) is 0 Å². The van der Waals surface area contributed by atoms with Crippen molar-refractivity contribution < 1.29 is 10.4 Å². The topological polar surface area (TPSA) is 36.8 Å². The number of nitrogens with two attached hydrogens (primary N) is 1. The Morgan fingerprint density at radius 1 is 1.67 bits per heavy atom. The fourth-order valence-corrected chi connectivity index (χ4v) is 0.738. The van der Waals surface area contributed by atoms with Gasteiger partial charge >= 0.3 is 0 Å². The Hall–Kier alpha value is -0.0800. The zero-order valence-electron chi connectivity index (χ0n) is 3.72. The van der Waals surface area contributed by atoms with Crippen molar-refractivity contribution in [2.24, 2.45) is 0 Å². The summed E-state index contributed by atoms with van der Waals surface area (Å²) in [5.41, 5.74) is 0. The number of quaternary nitrogens is 1. The summed E-state index contributed by atoms with van der Waals surface area (Å²) in [5, 5.41) is 10.8. The molecule has 1 heterocycles. The Kier molecular flexibility index (Phi) is 1.08. The van der Waals surface area contributed by atoms with Crippen LogP contribution in [-0.2, 0) is 0 Å². The third-order valence-corrected chi connectivity index (χ3v) is 1.14. The van der Waals surface area contributed by atoms with Gasteiger partial charge in [-0.25, -0.2) is 0 Å². The van der Waals surface area contributed by atoms with Gasteiger partial charge in [-0.1, -0.05) is 0 Å². The zero-order chi connectivity index (χ0) is 4.41. The first-order valence-electron chi connectivity index (χ1n) is 2.39. The molecule has 2 nitrogen and oxygen atoms in total. The van der Waals surface area contributed by atoms with Crippen LogP contribution >= 0.6 is 0 Å².